The van der Waals surface area contributed by atoms with E-state index in [4.69, 9.17) is 14.6 Å². The van der Waals surface area contributed by atoms with Gasteiger partial charge in [-0.3, -0.25) is 9.59 Å². The van der Waals surface area contributed by atoms with Gasteiger partial charge in [-0.2, -0.15) is 0 Å². The van der Waals surface area contributed by atoms with Crippen molar-refractivity contribution in [2.75, 3.05) is 13.7 Å². The molecule has 0 heterocycles. The lowest BCUT2D eigenvalue weighted by Crippen LogP contribution is -2.47. The van der Waals surface area contributed by atoms with E-state index in [1.807, 2.05) is 54.6 Å². The number of carbonyl (C=O) groups excluding carboxylic acids is 2. The normalized spacial score (nSPS) is 12.7. The van der Waals surface area contributed by atoms with Gasteiger partial charge in [-0.15, -0.1) is 0 Å². The van der Waals surface area contributed by atoms with Crippen molar-refractivity contribution in [3.63, 3.8) is 0 Å². The summed E-state index contributed by atoms with van der Waals surface area (Å²) < 4.78 is 10.7. The van der Waals surface area contributed by atoms with E-state index in [0.717, 1.165) is 27.8 Å². The Morgan fingerprint density at radius 1 is 0.944 bits per heavy atom. The monoisotopic (exact) mass is 488 g/mol. The highest BCUT2D eigenvalue weighted by Crippen LogP contribution is 2.44. The Hall–Kier alpha value is -4.33. The maximum atomic E-state index is 12.8. The highest BCUT2D eigenvalue weighted by atomic mass is 16.5. The van der Waals surface area contributed by atoms with Crippen LogP contribution in [-0.2, 0) is 20.9 Å². The maximum Gasteiger partial charge on any atom is 0.407 e. The molecular weight excluding hydrogens is 460 g/mol. The van der Waals surface area contributed by atoms with Gasteiger partial charge in [0.25, 0.3) is 0 Å². The molecule has 3 aromatic carbocycles. The van der Waals surface area contributed by atoms with Crippen LogP contribution in [0.25, 0.3) is 11.1 Å². The molecule has 0 fully saturated rings. The summed E-state index contributed by atoms with van der Waals surface area (Å²) in [4.78, 5) is 36.6. The van der Waals surface area contributed by atoms with Crippen molar-refractivity contribution in [1.82, 2.24) is 10.6 Å². The lowest BCUT2D eigenvalue weighted by Gasteiger charge is -2.19. The largest absolute Gasteiger partial charge is 0.497 e. The molecule has 36 heavy (non-hydrogen) atoms. The van der Waals surface area contributed by atoms with Crippen LogP contribution in [0.15, 0.2) is 72.8 Å². The third-order valence-electron chi connectivity index (χ3n) is 6.20. The van der Waals surface area contributed by atoms with Crippen molar-refractivity contribution in [2.24, 2.45) is 0 Å². The number of amides is 2. The van der Waals surface area contributed by atoms with Gasteiger partial charge in [0, 0.05) is 18.9 Å². The zero-order valence-corrected chi connectivity index (χ0v) is 19.9. The van der Waals surface area contributed by atoms with Gasteiger partial charge in [0.2, 0.25) is 5.91 Å². The van der Waals surface area contributed by atoms with Gasteiger partial charge in [0.15, 0.2) is 0 Å². The second kappa shape index (κ2) is 11.4. The number of aliphatic carboxylic acids is 1. The molecule has 1 aliphatic rings. The minimum atomic E-state index is -1.06. The molecule has 0 saturated carbocycles. The van der Waals surface area contributed by atoms with Gasteiger partial charge >= 0.3 is 12.1 Å². The number of carbonyl (C=O) groups is 3. The predicted octanol–water partition coefficient (Wildman–Crippen LogP) is 4.08. The van der Waals surface area contributed by atoms with Gasteiger partial charge in [-0.05, 0) is 46.4 Å². The van der Waals surface area contributed by atoms with Crippen LogP contribution in [0, 0.1) is 0 Å². The average Bonchev–Trinajstić information content (AvgIpc) is 3.22. The van der Waals surface area contributed by atoms with Crippen LogP contribution in [0.5, 0.6) is 5.75 Å². The van der Waals surface area contributed by atoms with Gasteiger partial charge in [-0.25, -0.2) is 4.79 Å². The Morgan fingerprint density at radius 3 is 2.25 bits per heavy atom. The Bertz CT molecular complexity index is 1210. The van der Waals surface area contributed by atoms with Crippen molar-refractivity contribution in [3.05, 3.63) is 89.5 Å². The number of carboxylic acid groups (broad SMARTS) is 1. The first-order valence-corrected chi connectivity index (χ1v) is 11.7. The first kappa shape index (κ1) is 24.8. The molecule has 0 spiro atoms. The number of benzene rings is 3. The summed E-state index contributed by atoms with van der Waals surface area (Å²) in [5.41, 5.74) is 5.17. The van der Waals surface area contributed by atoms with E-state index in [1.54, 1.807) is 25.3 Å². The molecular formula is C28H28N2O6. The maximum absolute atomic E-state index is 12.8. The molecule has 8 nitrogen and oxygen atoms in total. The summed E-state index contributed by atoms with van der Waals surface area (Å²) in [5.74, 6) is -1.02. The van der Waals surface area contributed by atoms with Crippen molar-refractivity contribution in [1.29, 1.82) is 0 Å². The SMILES string of the molecule is COc1cccc(CNC(=O)[C@H](CCC(=O)O)NC(=O)OCC2c3ccccc3-c3ccccc32)c1. The van der Waals surface area contributed by atoms with E-state index in [2.05, 4.69) is 10.6 Å². The van der Waals surface area contributed by atoms with Gasteiger partial charge < -0.3 is 25.2 Å². The van der Waals surface area contributed by atoms with Crippen molar-refractivity contribution in [2.45, 2.75) is 31.3 Å². The highest BCUT2D eigenvalue weighted by Gasteiger charge is 2.30. The van der Waals surface area contributed by atoms with E-state index < -0.39 is 24.0 Å². The van der Waals surface area contributed by atoms with Crippen LogP contribution in [0.1, 0.15) is 35.4 Å². The number of hydrogen-bond acceptors (Lipinski definition) is 5. The number of alkyl carbamates (subject to hydrolysis) is 1. The molecule has 8 heteroatoms. The second-order valence-electron chi connectivity index (χ2n) is 8.52. The van der Waals surface area contributed by atoms with Crippen LogP contribution in [0.3, 0.4) is 0 Å². The number of nitrogens with one attached hydrogen (secondary N) is 2. The van der Waals surface area contributed by atoms with E-state index in [0.29, 0.717) is 5.75 Å². The molecule has 1 atom stereocenters. The summed E-state index contributed by atoms with van der Waals surface area (Å²) in [6.45, 7) is 0.295. The lowest BCUT2D eigenvalue weighted by molar-refractivity contribution is -0.137. The smallest absolute Gasteiger partial charge is 0.407 e. The van der Waals surface area contributed by atoms with E-state index in [-0.39, 0.29) is 31.9 Å². The molecule has 186 valence electrons. The Labute approximate surface area is 209 Å². The van der Waals surface area contributed by atoms with Crippen LogP contribution in [0.2, 0.25) is 0 Å². The molecule has 1 aliphatic carbocycles. The van der Waals surface area contributed by atoms with Crippen LogP contribution in [-0.4, -0.2) is 42.8 Å². The molecule has 0 radical (unpaired) electrons. The first-order chi connectivity index (χ1) is 17.5. The third kappa shape index (κ3) is 5.83. The fourth-order valence-electron chi connectivity index (χ4n) is 4.41. The summed E-state index contributed by atoms with van der Waals surface area (Å²) in [6, 6.07) is 22.1. The number of hydrogen-bond donors (Lipinski definition) is 3. The zero-order valence-electron chi connectivity index (χ0n) is 19.9. The van der Waals surface area contributed by atoms with Crippen LogP contribution in [0.4, 0.5) is 4.79 Å². The van der Waals surface area contributed by atoms with Crippen LogP contribution >= 0.6 is 0 Å². The molecule has 0 unspecified atom stereocenters. The Kier molecular flexibility index (Phi) is 7.85. The first-order valence-electron chi connectivity index (χ1n) is 11.7. The Morgan fingerprint density at radius 2 is 1.61 bits per heavy atom. The van der Waals surface area contributed by atoms with E-state index >= 15 is 0 Å². The van der Waals surface area contributed by atoms with Crippen molar-refractivity contribution < 1.29 is 29.0 Å². The number of ether oxygens (including phenoxy) is 2. The number of rotatable bonds is 10. The molecule has 0 aliphatic heterocycles. The summed E-state index contributed by atoms with van der Waals surface area (Å²) in [7, 11) is 1.55. The molecule has 0 bridgehead atoms. The summed E-state index contributed by atoms with van der Waals surface area (Å²) >= 11 is 0. The minimum absolute atomic E-state index is 0.0660. The molecule has 0 aromatic heterocycles. The van der Waals surface area contributed by atoms with E-state index in [9.17, 15) is 14.4 Å². The van der Waals surface area contributed by atoms with Gasteiger partial charge in [0.05, 0.1) is 7.11 Å². The predicted molar refractivity (Wildman–Crippen MR) is 134 cm³/mol. The standard InChI is InChI=1S/C28H28N2O6/c1-35-19-8-6-7-18(15-19)16-29-27(33)25(13-14-26(31)32)30-28(34)36-17-24-22-11-4-2-9-20(22)21-10-3-5-12-23(21)24/h2-12,15,24-25H,13-14,16-17H2,1H3,(H,29,33)(H,30,34)(H,31,32)/t25-/m0/s1. The van der Waals surface area contributed by atoms with E-state index in [1.165, 1.54) is 0 Å². The highest BCUT2D eigenvalue weighted by molar-refractivity contribution is 5.86. The number of fused-ring (bicyclic) bond motifs is 3. The fraction of sp³-hybridized carbons (Fsp3) is 0.250. The molecule has 2 amide bonds. The van der Waals surface area contributed by atoms with Gasteiger partial charge in [0.1, 0.15) is 18.4 Å². The third-order valence-corrected chi connectivity index (χ3v) is 6.20. The van der Waals surface area contributed by atoms with Crippen molar-refractivity contribution >= 4 is 18.0 Å². The minimum Gasteiger partial charge on any atom is -0.497 e. The lowest BCUT2D eigenvalue weighted by atomic mass is 9.98. The molecule has 0 saturated heterocycles. The molecule has 3 aromatic rings. The topological polar surface area (TPSA) is 114 Å². The number of carboxylic acids is 1. The quantitative estimate of drug-likeness (QED) is 0.396. The average molecular weight is 489 g/mol. The molecule has 4 rings (SSSR count). The summed E-state index contributed by atoms with van der Waals surface area (Å²) in [6.07, 6.45) is -1.12. The molecule has 3 N–H and O–H groups in total. The summed E-state index contributed by atoms with van der Waals surface area (Å²) in [5, 5.41) is 14.4. The number of methoxy groups -OCH3 is 1. The fourth-order valence-corrected chi connectivity index (χ4v) is 4.41. The van der Waals surface area contributed by atoms with Crippen LogP contribution < -0.4 is 15.4 Å². The Balaban J connectivity index is 1.38. The van der Waals surface area contributed by atoms with Crippen molar-refractivity contribution in [3.8, 4) is 16.9 Å². The second-order valence-corrected chi connectivity index (χ2v) is 8.52. The zero-order chi connectivity index (χ0) is 25.5. The van der Waals surface area contributed by atoms with Gasteiger partial charge in [-0.1, -0.05) is 60.7 Å².